The van der Waals surface area contributed by atoms with Gasteiger partial charge < -0.3 is 15.6 Å². The maximum absolute atomic E-state index is 12.7. The lowest BCUT2D eigenvalue weighted by molar-refractivity contribution is -0.305. The topological polar surface area (TPSA) is 162 Å². The normalized spacial score (nSPS) is 12.9. The molecular weight excluding hydrogens is 514 g/mol. The van der Waals surface area contributed by atoms with Crippen LogP contribution in [0.5, 0.6) is 5.75 Å². The van der Waals surface area contributed by atoms with Gasteiger partial charge in [0.1, 0.15) is 21.7 Å². The van der Waals surface area contributed by atoms with E-state index in [1.165, 1.54) is 31.5 Å². The summed E-state index contributed by atoms with van der Waals surface area (Å²) in [6, 6.07) is 12.2. The molecule has 0 fully saturated rings. The summed E-state index contributed by atoms with van der Waals surface area (Å²) < 4.78 is 32.9. The highest BCUT2D eigenvalue weighted by Crippen LogP contribution is 2.29. The number of carbonyl (C=O) groups is 1. The minimum absolute atomic E-state index is 0.0836. The fourth-order valence-electron chi connectivity index (χ4n) is 3.06. The van der Waals surface area contributed by atoms with Crippen LogP contribution >= 0.6 is 22.9 Å². The molecule has 0 spiro atoms. The lowest BCUT2D eigenvalue weighted by atomic mass is 10.1. The molecule has 13 heteroatoms. The molecule has 35 heavy (non-hydrogen) atoms. The zero-order valence-corrected chi connectivity index (χ0v) is 21.1. The Balaban J connectivity index is 1.68. The number of hydrogen-bond acceptors (Lipinski definition) is 9. The Kier molecular flexibility index (Phi) is 8.83. The molecule has 3 aromatic rings. The number of methoxy groups -OCH3 is 1. The summed E-state index contributed by atoms with van der Waals surface area (Å²) in [4.78, 5) is 17.3. The quantitative estimate of drug-likeness (QED) is 0.171. The fourth-order valence-corrected chi connectivity index (χ4v) is 5.63. The number of phenols is 1. The Bertz CT molecular complexity index is 1310. The van der Waals surface area contributed by atoms with Crippen LogP contribution in [0.25, 0.3) is 10.6 Å². The molecule has 1 atom stereocenters. The van der Waals surface area contributed by atoms with E-state index >= 15 is 0 Å². The number of nitrogens with zero attached hydrogens (tertiary/aromatic N) is 2. The third-order valence-corrected chi connectivity index (χ3v) is 8.16. The van der Waals surface area contributed by atoms with E-state index in [4.69, 9.17) is 22.2 Å². The van der Waals surface area contributed by atoms with Crippen molar-refractivity contribution in [2.24, 2.45) is 5.84 Å². The number of benzene rings is 1. The van der Waals surface area contributed by atoms with E-state index in [2.05, 4.69) is 15.4 Å². The Morgan fingerprint density at radius 3 is 2.77 bits per heavy atom. The number of hydrogen-bond donors (Lipinski definition) is 4. The Labute approximate surface area is 211 Å². The average molecular weight is 539 g/mol. The Hall–Kier alpha value is -3.00. The molecule has 7 N–H and O–H groups in total. The van der Waals surface area contributed by atoms with Gasteiger partial charge in [-0.05, 0) is 42.0 Å². The molecule has 0 bridgehead atoms. The molecule has 2 aromatic heterocycles. The van der Waals surface area contributed by atoms with Crippen molar-refractivity contribution >= 4 is 38.9 Å². The first-order valence-electron chi connectivity index (χ1n) is 10.2. The minimum Gasteiger partial charge on any atom is -0.506 e. The number of nitrogens with two attached hydrogens (primary N) is 1. The number of esters is 1. The molecule has 0 aliphatic rings. The van der Waals surface area contributed by atoms with Crippen molar-refractivity contribution < 1.29 is 28.8 Å². The summed E-state index contributed by atoms with van der Waals surface area (Å²) in [7, 11) is -2.57. The maximum atomic E-state index is 12.7. The van der Waals surface area contributed by atoms with E-state index in [9.17, 15) is 18.3 Å². The highest BCUT2D eigenvalue weighted by Gasteiger charge is 2.25. The summed E-state index contributed by atoms with van der Waals surface area (Å²) >= 11 is 7.04. The molecule has 0 unspecified atom stereocenters. The number of nitrogens with one attached hydrogen (secondary N) is 1. The van der Waals surface area contributed by atoms with Gasteiger partial charge in [0.2, 0.25) is 0 Å². The predicted octanol–water partition coefficient (Wildman–Crippen LogP) is 1.49. The lowest BCUT2D eigenvalue weighted by Gasteiger charge is -2.24. The first kappa shape index (κ1) is 26.6. The van der Waals surface area contributed by atoms with Crippen LogP contribution in [0.1, 0.15) is 5.56 Å². The Morgan fingerprint density at radius 1 is 1.34 bits per heavy atom. The van der Waals surface area contributed by atoms with Gasteiger partial charge in [0.25, 0.3) is 10.0 Å². The number of thiophene rings is 1. The number of aromatic hydroxyl groups is 1. The summed E-state index contributed by atoms with van der Waals surface area (Å²) in [6.45, 7) is -0.133. The van der Waals surface area contributed by atoms with Crippen LogP contribution in [0, 0.1) is 0 Å². The standard InChI is InChI=1S/C22H24ClN5O5S2/c1-33-22(30)18(11-14-5-6-19(29)16(23)10-14)28(25)13-15(24)12-27-35(31,32)21-8-7-20(34-21)17-4-2-3-9-26-17/h2-10,13,18,27,29H,11-12,24-25H2,1H3/p+1/b15-13-/t18-/m0/s1. The number of quaternary nitrogens is 1. The maximum Gasteiger partial charge on any atom is 0.330 e. The van der Waals surface area contributed by atoms with Crippen LogP contribution in [0.3, 0.4) is 0 Å². The predicted molar refractivity (Wildman–Crippen MR) is 132 cm³/mol. The van der Waals surface area contributed by atoms with E-state index in [0.29, 0.717) is 17.0 Å². The van der Waals surface area contributed by atoms with Gasteiger partial charge in [-0.3, -0.25) is 9.99 Å². The molecule has 0 aliphatic heterocycles. The van der Waals surface area contributed by atoms with Gasteiger partial charge in [-0.25, -0.2) is 23.8 Å². The summed E-state index contributed by atoms with van der Waals surface area (Å²) in [5.41, 5.74) is 5.46. The molecule has 0 saturated carbocycles. The van der Waals surface area contributed by atoms with Gasteiger partial charge in [0.15, 0.2) is 0 Å². The molecule has 10 nitrogen and oxygen atoms in total. The molecule has 0 radical (unpaired) electrons. The smallest absolute Gasteiger partial charge is 0.330 e. The fraction of sp³-hybridized carbons (Fsp3) is 0.182. The number of sulfonamides is 1. The SMILES string of the molecule is COC(=O)[C@H](Cc1ccc(O)c(Cl)c1)N(N)/C=C(\[NH3+])CNS(=O)(=O)c1ccc(-c2ccccn2)s1. The van der Waals surface area contributed by atoms with Gasteiger partial charge in [-0.15, -0.1) is 11.3 Å². The van der Waals surface area contributed by atoms with Crippen LogP contribution in [-0.4, -0.2) is 49.2 Å². The zero-order chi connectivity index (χ0) is 25.6. The van der Waals surface area contributed by atoms with E-state index in [1.807, 2.05) is 6.07 Å². The largest absolute Gasteiger partial charge is 0.506 e. The van der Waals surface area contributed by atoms with Gasteiger partial charge >= 0.3 is 5.97 Å². The first-order valence-corrected chi connectivity index (χ1v) is 12.9. The molecule has 3 rings (SSSR count). The summed E-state index contributed by atoms with van der Waals surface area (Å²) in [6.07, 6.45) is 3.13. The van der Waals surface area contributed by atoms with Crippen molar-refractivity contribution in [2.75, 3.05) is 13.7 Å². The third kappa shape index (κ3) is 7.01. The van der Waals surface area contributed by atoms with Gasteiger partial charge in [0, 0.05) is 12.6 Å². The number of aromatic nitrogens is 1. The zero-order valence-electron chi connectivity index (χ0n) is 18.7. The minimum atomic E-state index is -3.81. The van der Waals surface area contributed by atoms with E-state index < -0.39 is 22.0 Å². The van der Waals surface area contributed by atoms with Gasteiger partial charge in [-0.2, -0.15) is 0 Å². The van der Waals surface area contributed by atoms with Crippen LogP contribution in [0.15, 0.2) is 70.8 Å². The second kappa shape index (κ2) is 11.6. The van der Waals surface area contributed by atoms with Crippen molar-refractivity contribution in [3.8, 4) is 16.3 Å². The molecule has 0 amide bonds. The van der Waals surface area contributed by atoms with Gasteiger partial charge in [-0.1, -0.05) is 23.7 Å². The van der Waals surface area contributed by atoms with Gasteiger partial charge in [0.05, 0.1) is 35.4 Å². The van der Waals surface area contributed by atoms with E-state index in [1.54, 1.807) is 30.5 Å². The van der Waals surface area contributed by atoms with E-state index in [0.717, 1.165) is 21.2 Å². The van der Waals surface area contributed by atoms with Crippen LogP contribution in [0.4, 0.5) is 0 Å². The molecule has 2 heterocycles. The van der Waals surface area contributed by atoms with Crippen LogP contribution in [-0.2, 0) is 26.0 Å². The monoisotopic (exact) mass is 538 g/mol. The number of rotatable bonds is 10. The van der Waals surface area contributed by atoms with E-state index in [-0.39, 0.29) is 27.9 Å². The number of ether oxygens (including phenoxy) is 1. The summed E-state index contributed by atoms with van der Waals surface area (Å²) in [5.74, 6) is 5.39. The average Bonchev–Trinajstić information content (AvgIpc) is 3.35. The number of hydrazine groups is 1. The third-order valence-electron chi connectivity index (χ3n) is 4.86. The second-order valence-electron chi connectivity index (χ2n) is 7.42. The molecule has 0 aliphatic carbocycles. The number of carbonyl (C=O) groups excluding carboxylic acids is 1. The lowest BCUT2D eigenvalue weighted by Crippen LogP contribution is -2.54. The first-order chi connectivity index (χ1) is 16.6. The Morgan fingerprint density at radius 2 is 2.11 bits per heavy atom. The molecule has 0 saturated heterocycles. The van der Waals surface area contributed by atoms with Crippen molar-refractivity contribution in [1.29, 1.82) is 0 Å². The van der Waals surface area contributed by atoms with Crippen LogP contribution in [0.2, 0.25) is 5.02 Å². The second-order valence-corrected chi connectivity index (χ2v) is 10.9. The number of pyridine rings is 1. The highest BCUT2D eigenvalue weighted by atomic mass is 35.5. The summed E-state index contributed by atoms with van der Waals surface area (Å²) in [5, 5.41) is 10.8. The van der Waals surface area contributed by atoms with Crippen LogP contribution < -0.4 is 16.3 Å². The molecule has 186 valence electrons. The highest BCUT2D eigenvalue weighted by molar-refractivity contribution is 7.91. The van der Waals surface area contributed by atoms with Crippen molar-refractivity contribution in [3.05, 3.63) is 77.2 Å². The molecule has 1 aromatic carbocycles. The number of halogens is 1. The van der Waals surface area contributed by atoms with Crippen molar-refractivity contribution in [2.45, 2.75) is 16.7 Å². The molecular formula is C22H25ClN5O5S2+. The van der Waals surface area contributed by atoms with Crippen molar-refractivity contribution in [1.82, 2.24) is 14.7 Å². The number of phenolic OH excluding ortho intramolecular Hbond substituents is 1. The van der Waals surface area contributed by atoms with Crippen molar-refractivity contribution in [3.63, 3.8) is 0 Å².